The first-order valence-corrected chi connectivity index (χ1v) is 5.64. The molecular formula is C8H7N9O4. The van der Waals surface area contributed by atoms with Crippen molar-refractivity contribution in [2.24, 2.45) is 0 Å². The minimum absolute atomic E-state index is 0.00905. The highest BCUT2D eigenvalue weighted by atomic mass is 16.7. The Morgan fingerprint density at radius 1 is 1.05 bits per heavy atom. The summed E-state index contributed by atoms with van der Waals surface area (Å²) in [5.41, 5.74) is -2.22. The van der Waals surface area contributed by atoms with Crippen LogP contribution in [0.3, 0.4) is 0 Å². The monoisotopic (exact) mass is 293 g/mol. The van der Waals surface area contributed by atoms with Gasteiger partial charge in [-0.15, -0.1) is 20.4 Å². The highest BCUT2D eigenvalue weighted by molar-refractivity contribution is 5.33. The summed E-state index contributed by atoms with van der Waals surface area (Å²) in [6, 6.07) is 1.66. The molecule has 108 valence electrons. The van der Waals surface area contributed by atoms with Crippen molar-refractivity contribution in [1.29, 1.82) is 0 Å². The Hall–Kier alpha value is -3.25. The van der Waals surface area contributed by atoms with Gasteiger partial charge in [0.2, 0.25) is 0 Å². The summed E-state index contributed by atoms with van der Waals surface area (Å²) in [6.07, 6.45) is 3.11. The fourth-order valence-electron chi connectivity index (χ4n) is 1.83. The third-order valence-corrected chi connectivity index (χ3v) is 3.02. The molecule has 0 saturated carbocycles. The van der Waals surface area contributed by atoms with Crippen LogP contribution in [0, 0.1) is 20.2 Å². The lowest BCUT2D eigenvalue weighted by Gasteiger charge is -2.35. The average molecular weight is 293 g/mol. The van der Waals surface area contributed by atoms with Crippen molar-refractivity contribution in [2.45, 2.75) is 5.66 Å². The third-order valence-electron chi connectivity index (χ3n) is 3.02. The van der Waals surface area contributed by atoms with Crippen LogP contribution in [0.5, 0.6) is 0 Å². The van der Waals surface area contributed by atoms with Gasteiger partial charge in [0, 0.05) is 12.4 Å². The van der Waals surface area contributed by atoms with E-state index in [1.165, 1.54) is 15.8 Å². The minimum Gasteiger partial charge on any atom is -0.309 e. The molecule has 0 bridgehead atoms. The van der Waals surface area contributed by atoms with Gasteiger partial charge in [-0.1, -0.05) is 0 Å². The van der Waals surface area contributed by atoms with Crippen molar-refractivity contribution in [1.82, 2.24) is 30.2 Å². The second-order valence-electron chi connectivity index (χ2n) is 4.30. The van der Waals surface area contributed by atoms with Crippen LogP contribution in [0.2, 0.25) is 0 Å². The topological polar surface area (TPSA) is 159 Å². The lowest BCUT2D eigenvalue weighted by Crippen LogP contribution is -2.70. The summed E-state index contributed by atoms with van der Waals surface area (Å²) >= 11 is 0. The summed E-state index contributed by atoms with van der Waals surface area (Å²) in [4.78, 5) is 21.0. The molecule has 1 fully saturated rings. The highest BCUT2D eigenvalue weighted by Crippen LogP contribution is 2.27. The highest BCUT2D eigenvalue weighted by Gasteiger charge is 2.67. The number of rotatable bonds is 4. The van der Waals surface area contributed by atoms with Gasteiger partial charge in [0.1, 0.15) is 9.85 Å². The fourth-order valence-corrected chi connectivity index (χ4v) is 1.83. The first kappa shape index (κ1) is 12.8. The Labute approximate surface area is 115 Å². The van der Waals surface area contributed by atoms with E-state index in [-0.39, 0.29) is 11.9 Å². The first-order valence-electron chi connectivity index (χ1n) is 5.64. The van der Waals surface area contributed by atoms with Crippen molar-refractivity contribution < 1.29 is 9.85 Å². The van der Waals surface area contributed by atoms with Gasteiger partial charge in [-0.2, -0.15) is 5.10 Å². The van der Waals surface area contributed by atoms with E-state index < -0.39 is 28.6 Å². The maximum absolute atomic E-state index is 10.8. The molecule has 0 N–H and O–H groups in total. The molecule has 0 aliphatic carbocycles. The largest absolute Gasteiger partial charge is 0.492 e. The molecule has 0 aromatic carbocycles. The van der Waals surface area contributed by atoms with Crippen LogP contribution in [0.4, 0.5) is 5.95 Å². The normalized spacial score (nSPS) is 16.3. The van der Waals surface area contributed by atoms with Crippen LogP contribution >= 0.6 is 0 Å². The number of nitrogens with zero attached hydrogens (tertiary/aromatic N) is 9. The molecule has 0 amide bonds. The van der Waals surface area contributed by atoms with Crippen molar-refractivity contribution in [3.8, 4) is 5.95 Å². The second-order valence-corrected chi connectivity index (χ2v) is 4.30. The molecule has 0 spiro atoms. The number of aromatic nitrogens is 6. The molecule has 3 heterocycles. The lowest BCUT2D eigenvalue weighted by atomic mass is 10.0. The van der Waals surface area contributed by atoms with Crippen molar-refractivity contribution >= 4 is 5.95 Å². The maximum atomic E-state index is 10.8. The lowest BCUT2D eigenvalue weighted by molar-refractivity contribution is -0.799. The number of anilines is 1. The van der Waals surface area contributed by atoms with Gasteiger partial charge in [-0.3, -0.25) is 20.2 Å². The Bertz CT molecular complexity index is 662. The molecule has 0 unspecified atom stereocenters. The summed E-state index contributed by atoms with van der Waals surface area (Å²) in [5, 5.41) is 40.4. The van der Waals surface area contributed by atoms with Gasteiger partial charge in [0.15, 0.2) is 13.1 Å². The SMILES string of the molecule is O=[N+]([O-])C1([N+](=O)[O-])CN(c2nnc(-n3cccn3)nn2)C1. The van der Waals surface area contributed by atoms with Crippen LogP contribution in [0.25, 0.3) is 5.95 Å². The zero-order valence-electron chi connectivity index (χ0n) is 10.3. The Balaban J connectivity index is 1.76. The zero-order valence-corrected chi connectivity index (χ0v) is 10.3. The van der Waals surface area contributed by atoms with Crippen LogP contribution in [-0.2, 0) is 0 Å². The molecule has 2 aromatic heterocycles. The Kier molecular flexibility index (Phi) is 2.67. The smallest absolute Gasteiger partial charge is 0.309 e. The van der Waals surface area contributed by atoms with Crippen LogP contribution in [0.15, 0.2) is 18.5 Å². The molecule has 13 nitrogen and oxygen atoms in total. The minimum atomic E-state index is -2.22. The van der Waals surface area contributed by atoms with Gasteiger partial charge >= 0.3 is 5.66 Å². The van der Waals surface area contributed by atoms with E-state index in [1.54, 1.807) is 12.3 Å². The molecule has 0 atom stereocenters. The molecular weight excluding hydrogens is 286 g/mol. The number of nitro groups is 2. The van der Waals surface area contributed by atoms with Gasteiger partial charge in [0.05, 0.1) is 0 Å². The van der Waals surface area contributed by atoms with Crippen molar-refractivity contribution in [3.05, 3.63) is 38.7 Å². The number of hydrogen-bond acceptors (Lipinski definition) is 10. The van der Waals surface area contributed by atoms with Crippen LogP contribution in [-0.4, -0.2) is 58.8 Å². The third kappa shape index (κ3) is 1.90. The van der Waals surface area contributed by atoms with E-state index in [0.717, 1.165) is 0 Å². The molecule has 21 heavy (non-hydrogen) atoms. The molecule has 3 rings (SSSR count). The van der Waals surface area contributed by atoms with Gasteiger partial charge in [-0.05, 0) is 6.07 Å². The summed E-state index contributed by atoms with van der Waals surface area (Å²) in [7, 11) is 0. The standard InChI is InChI=1S/C8H7N9O4/c18-16(19)8(17(20)21)4-14(5-8)6-10-12-7(13-11-6)15-3-1-2-9-15/h1-3H,4-5H2. The van der Waals surface area contributed by atoms with E-state index in [1.807, 2.05) is 0 Å². The van der Waals surface area contributed by atoms with Crippen LogP contribution in [0.1, 0.15) is 0 Å². The average Bonchev–Trinajstić information content (AvgIpc) is 2.91. The van der Waals surface area contributed by atoms with Crippen molar-refractivity contribution in [3.63, 3.8) is 0 Å². The van der Waals surface area contributed by atoms with E-state index in [9.17, 15) is 20.2 Å². The Morgan fingerprint density at radius 3 is 2.10 bits per heavy atom. The molecule has 1 aliphatic heterocycles. The summed E-state index contributed by atoms with van der Waals surface area (Å²) < 4.78 is 1.33. The first-order chi connectivity index (χ1) is 10.0. The van der Waals surface area contributed by atoms with Gasteiger partial charge < -0.3 is 4.90 Å². The molecule has 1 saturated heterocycles. The zero-order chi connectivity index (χ0) is 15.0. The van der Waals surface area contributed by atoms with E-state index >= 15 is 0 Å². The van der Waals surface area contributed by atoms with Crippen molar-refractivity contribution in [2.75, 3.05) is 18.0 Å². The van der Waals surface area contributed by atoms with E-state index in [2.05, 4.69) is 25.5 Å². The molecule has 0 radical (unpaired) electrons. The quantitative estimate of drug-likeness (QED) is 0.369. The fraction of sp³-hybridized carbons (Fsp3) is 0.375. The number of hydrogen-bond donors (Lipinski definition) is 0. The molecule has 13 heteroatoms. The van der Waals surface area contributed by atoms with Crippen LogP contribution < -0.4 is 4.90 Å². The summed E-state index contributed by atoms with van der Waals surface area (Å²) in [5.74, 6) is 0.115. The predicted octanol–water partition coefficient (Wildman–Crippen LogP) is -1.48. The van der Waals surface area contributed by atoms with E-state index in [0.29, 0.717) is 0 Å². The van der Waals surface area contributed by atoms with Gasteiger partial charge in [0.25, 0.3) is 11.9 Å². The predicted molar refractivity (Wildman–Crippen MR) is 63.7 cm³/mol. The van der Waals surface area contributed by atoms with E-state index in [4.69, 9.17) is 0 Å². The van der Waals surface area contributed by atoms with Gasteiger partial charge in [-0.25, -0.2) is 4.68 Å². The second kappa shape index (κ2) is 4.39. The maximum Gasteiger partial charge on any atom is 0.492 e. The molecule has 1 aliphatic rings. The Morgan fingerprint density at radius 2 is 1.62 bits per heavy atom. The molecule has 2 aromatic rings. The summed E-state index contributed by atoms with van der Waals surface area (Å²) in [6.45, 7) is -0.866.